The van der Waals surface area contributed by atoms with Crippen LogP contribution in [0.4, 0.5) is 0 Å². The maximum Gasteiger partial charge on any atom is 0.246 e. The Morgan fingerprint density at radius 3 is 2.93 bits per heavy atom. The maximum absolute atomic E-state index is 10.9. The van der Waals surface area contributed by atoms with Crippen molar-refractivity contribution in [2.24, 2.45) is 0 Å². The summed E-state index contributed by atoms with van der Waals surface area (Å²) in [5, 5.41) is 3.43. The molecular weight excluding hydrogens is 281 g/mol. The fourth-order valence-electron chi connectivity index (χ4n) is 1.46. The van der Waals surface area contributed by atoms with Gasteiger partial charge in [-0.25, -0.2) is 0 Å². The SMILES string of the molecule is O=C1CO[C@@H](c2ccc(Cl)cc2Br)CN1. The third-order valence-corrected chi connectivity index (χ3v) is 3.13. The molecular formula is C10H9BrClNO2. The standard InChI is InChI=1S/C10H9BrClNO2/c11-8-3-6(12)1-2-7(8)9-4-13-10(14)5-15-9/h1-3,9H,4-5H2,(H,13,14)/t9-/m1/s1. The largest absolute Gasteiger partial charge is 0.362 e. The molecule has 1 heterocycles. The first-order chi connectivity index (χ1) is 7.16. The smallest absolute Gasteiger partial charge is 0.246 e. The number of halogens is 2. The van der Waals surface area contributed by atoms with Gasteiger partial charge in [-0.3, -0.25) is 4.79 Å². The van der Waals surface area contributed by atoms with Crippen LogP contribution in [-0.2, 0) is 9.53 Å². The van der Waals surface area contributed by atoms with Crippen LogP contribution in [0.15, 0.2) is 22.7 Å². The first kappa shape index (κ1) is 10.9. The normalized spacial score (nSPS) is 21.2. The lowest BCUT2D eigenvalue weighted by molar-refractivity contribution is -0.133. The van der Waals surface area contributed by atoms with Crippen LogP contribution in [0.3, 0.4) is 0 Å². The topological polar surface area (TPSA) is 38.3 Å². The summed E-state index contributed by atoms with van der Waals surface area (Å²) < 4.78 is 6.31. The Bertz CT molecular complexity index is 387. The van der Waals surface area contributed by atoms with Gasteiger partial charge in [0, 0.05) is 16.0 Å². The second-order valence-corrected chi connectivity index (χ2v) is 4.56. The average Bonchev–Trinajstić information content (AvgIpc) is 2.20. The Morgan fingerprint density at radius 2 is 2.33 bits per heavy atom. The number of ether oxygens (including phenoxy) is 1. The number of rotatable bonds is 1. The van der Waals surface area contributed by atoms with Crippen LogP contribution >= 0.6 is 27.5 Å². The van der Waals surface area contributed by atoms with Gasteiger partial charge < -0.3 is 10.1 Å². The molecule has 15 heavy (non-hydrogen) atoms. The van der Waals surface area contributed by atoms with E-state index in [-0.39, 0.29) is 18.6 Å². The van der Waals surface area contributed by atoms with Crippen molar-refractivity contribution in [2.45, 2.75) is 6.10 Å². The highest BCUT2D eigenvalue weighted by molar-refractivity contribution is 9.10. The lowest BCUT2D eigenvalue weighted by atomic mass is 10.1. The monoisotopic (exact) mass is 289 g/mol. The lowest BCUT2D eigenvalue weighted by Gasteiger charge is -2.24. The maximum atomic E-state index is 10.9. The van der Waals surface area contributed by atoms with Crippen molar-refractivity contribution in [3.8, 4) is 0 Å². The van der Waals surface area contributed by atoms with Gasteiger partial charge >= 0.3 is 0 Å². The summed E-state index contributed by atoms with van der Waals surface area (Å²) in [5.74, 6) is -0.0728. The first-order valence-electron chi connectivity index (χ1n) is 4.50. The molecule has 1 aliphatic rings. The molecule has 80 valence electrons. The molecule has 5 heteroatoms. The Kier molecular flexibility index (Phi) is 3.29. The zero-order valence-electron chi connectivity index (χ0n) is 7.80. The van der Waals surface area contributed by atoms with Crippen LogP contribution in [0, 0.1) is 0 Å². The molecule has 1 aromatic carbocycles. The van der Waals surface area contributed by atoms with E-state index in [1.807, 2.05) is 12.1 Å². The molecule has 0 radical (unpaired) electrons. The molecule has 1 aromatic rings. The molecule has 0 spiro atoms. The highest BCUT2D eigenvalue weighted by Crippen LogP contribution is 2.29. The predicted molar refractivity (Wildman–Crippen MR) is 60.9 cm³/mol. The molecule has 0 saturated carbocycles. The van der Waals surface area contributed by atoms with Crippen LogP contribution < -0.4 is 5.32 Å². The van der Waals surface area contributed by atoms with E-state index < -0.39 is 0 Å². The van der Waals surface area contributed by atoms with Crippen molar-refractivity contribution in [1.29, 1.82) is 0 Å². The molecule has 1 aliphatic heterocycles. The number of carbonyl (C=O) groups is 1. The lowest BCUT2D eigenvalue weighted by Crippen LogP contribution is -2.38. The highest BCUT2D eigenvalue weighted by atomic mass is 79.9. The zero-order chi connectivity index (χ0) is 10.8. The number of morpholine rings is 1. The summed E-state index contributed by atoms with van der Waals surface area (Å²) >= 11 is 9.26. The van der Waals surface area contributed by atoms with Crippen molar-refractivity contribution in [3.05, 3.63) is 33.3 Å². The van der Waals surface area contributed by atoms with Crippen LogP contribution in [0.5, 0.6) is 0 Å². The van der Waals surface area contributed by atoms with Crippen LogP contribution in [-0.4, -0.2) is 19.1 Å². The molecule has 1 atom stereocenters. The van der Waals surface area contributed by atoms with Gasteiger partial charge in [0.05, 0.1) is 0 Å². The van der Waals surface area contributed by atoms with Gasteiger partial charge in [-0.2, -0.15) is 0 Å². The van der Waals surface area contributed by atoms with E-state index in [1.54, 1.807) is 6.07 Å². The molecule has 0 unspecified atom stereocenters. The van der Waals surface area contributed by atoms with Crippen molar-refractivity contribution in [1.82, 2.24) is 5.32 Å². The summed E-state index contributed by atoms with van der Waals surface area (Å²) in [5.41, 5.74) is 0.999. The van der Waals surface area contributed by atoms with Gasteiger partial charge in [-0.05, 0) is 17.7 Å². The molecule has 1 fully saturated rings. The molecule has 0 aromatic heterocycles. The van der Waals surface area contributed by atoms with Crippen LogP contribution in [0.2, 0.25) is 5.02 Å². The molecule has 1 amide bonds. The number of amides is 1. The Balaban J connectivity index is 2.19. The van der Waals surface area contributed by atoms with Gasteiger partial charge in [0.2, 0.25) is 5.91 Å². The van der Waals surface area contributed by atoms with Crippen LogP contribution in [0.25, 0.3) is 0 Å². The summed E-state index contributed by atoms with van der Waals surface area (Å²) in [6, 6.07) is 5.52. The van der Waals surface area contributed by atoms with E-state index in [0.717, 1.165) is 10.0 Å². The summed E-state index contributed by atoms with van der Waals surface area (Å²) in [7, 11) is 0. The Hall–Kier alpha value is -0.580. The number of hydrogen-bond donors (Lipinski definition) is 1. The van der Waals surface area contributed by atoms with Gasteiger partial charge in [-0.1, -0.05) is 33.6 Å². The Labute approximate surface area is 101 Å². The number of benzene rings is 1. The van der Waals surface area contributed by atoms with E-state index in [1.165, 1.54) is 0 Å². The second kappa shape index (κ2) is 4.51. The van der Waals surface area contributed by atoms with E-state index in [9.17, 15) is 4.79 Å². The molecule has 1 saturated heterocycles. The fraction of sp³-hybridized carbons (Fsp3) is 0.300. The van der Waals surface area contributed by atoms with Gasteiger partial charge in [-0.15, -0.1) is 0 Å². The van der Waals surface area contributed by atoms with E-state index >= 15 is 0 Å². The summed E-state index contributed by atoms with van der Waals surface area (Å²) in [6.07, 6.45) is -0.102. The van der Waals surface area contributed by atoms with Crippen molar-refractivity contribution in [3.63, 3.8) is 0 Å². The third-order valence-electron chi connectivity index (χ3n) is 2.21. The minimum Gasteiger partial charge on any atom is -0.362 e. The quantitative estimate of drug-likeness (QED) is 0.862. The molecule has 3 nitrogen and oxygen atoms in total. The van der Waals surface area contributed by atoms with Gasteiger partial charge in [0.15, 0.2) is 0 Å². The predicted octanol–water partition coefficient (Wildman–Crippen LogP) is 2.29. The van der Waals surface area contributed by atoms with Crippen molar-refractivity contribution >= 4 is 33.4 Å². The minimum absolute atomic E-state index is 0.0728. The number of nitrogens with one attached hydrogen (secondary N) is 1. The zero-order valence-corrected chi connectivity index (χ0v) is 10.1. The molecule has 0 bridgehead atoms. The van der Waals surface area contributed by atoms with Crippen molar-refractivity contribution in [2.75, 3.05) is 13.2 Å². The number of carbonyl (C=O) groups excluding carboxylic acids is 1. The van der Waals surface area contributed by atoms with Crippen LogP contribution in [0.1, 0.15) is 11.7 Å². The van der Waals surface area contributed by atoms with E-state index in [2.05, 4.69) is 21.2 Å². The Morgan fingerprint density at radius 1 is 1.53 bits per heavy atom. The van der Waals surface area contributed by atoms with Crippen molar-refractivity contribution < 1.29 is 9.53 Å². The summed E-state index contributed by atoms with van der Waals surface area (Å²) in [4.78, 5) is 10.9. The summed E-state index contributed by atoms with van der Waals surface area (Å²) in [6.45, 7) is 0.610. The van der Waals surface area contributed by atoms with Gasteiger partial charge in [0.1, 0.15) is 12.7 Å². The molecule has 2 rings (SSSR count). The second-order valence-electron chi connectivity index (χ2n) is 3.27. The third kappa shape index (κ3) is 2.51. The highest BCUT2D eigenvalue weighted by Gasteiger charge is 2.21. The first-order valence-corrected chi connectivity index (χ1v) is 5.67. The molecule has 0 aliphatic carbocycles. The van der Waals surface area contributed by atoms with Gasteiger partial charge in [0.25, 0.3) is 0 Å². The van der Waals surface area contributed by atoms with E-state index in [4.69, 9.17) is 16.3 Å². The number of hydrogen-bond acceptors (Lipinski definition) is 2. The fourth-order valence-corrected chi connectivity index (χ4v) is 2.39. The van der Waals surface area contributed by atoms with E-state index in [0.29, 0.717) is 11.6 Å². The molecule has 1 N–H and O–H groups in total. The minimum atomic E-state index is -0.102. The average molecular weight is 291 g/mol.